The lowest BCUT2D eigenvalue weighted by Gasteiger charge is -2.07. The van der Waals surface area contributed by atoms with Crippen molar-refractivity contribution >= 4 is 11.8 Å². The van der Waals surface area contributed by atoms with Gasteiger partial charge in [0.05, 0.1) is 6.20 Å². The summed E-state index contributed by atoms with van der Waals surface area (Å²) in [6, 6.07) is 5.19. The Morgan fingerprint density at radius 2 is 2.29 bits per heavy atom. The summed E-state index contributed by atoms with van der Waals surface area (Å²) in [6.45, 7) is 0.442. The fourth-order valence-electron chi connectivity index (χ4n) is 1.34. The highest BCUT2D eigenvalue weighted by molar-refractivity contribution is 5.88. The van der Waals surface area contributed by atoms with Crippen molar-refractivity contribution in [3.8, 4) is 0 Å². The number of anilines is 1. The van der Waals surface area contributed by atoms with Gasteiger partial charge in [-0.2, -0.15) is 5.10 Å². The number of hydrogen-bond acceptors (Lipinski definition) is 3. The monoisotopic (exact) mass is 231 g/mol. The molecule has 0 spiro atoms. The maximum atomic E-state index is 11.6. The van der Waals surface area contributed by atoms with Crippen molar-refractivity contribution in [1.29, 1.82) is 0 Å². The van der Waals surface area contributed by atoms with Crippen LogP contribution in [0.4, 0.5) is 10.6 Å². The average Bonchev–Trinajstić information content (AvgIpc) is 2.74. The summed E-state index contributed by atoms with van der Waals surface area (Å²) in [6.07, 6.45) is 5.03. The summed E-state index contributed by atoms with van der Waals surface area (Å²) in [4.78, 5) is 15.5. The highest BCUT2D eigenvalue weighted by Gasteiger charge is 2.03. The highest BCUT2D eigenvalue weighted by Crippen LogP contribution is 2.02. The van der Waals surface area contributed by atoms with Crippen molar-refractivity contribution < 1.29 is 4.79 Å². The molecule has 0 aliphatic rings. The van der Waals surface area contributed by atoms with E-state index in [1.807, 2.05) is 12.1 Å². The maximum absolute atomic E-state index is 11.6. The van der Waals surface area contributed by atoms with E-state index in [9.17, 15) is 4.79 Å². The smallest absolute Gasteiger partial charge is 0.320 e. The van der Waals surface area contributed by atoms with Crippen molar-refractivity contribution in [2.24, 2.45) is 7.05 Å². The third-order valence-corrected chi connectivity index (χ3v) is 2.24. The molecule has 0 saturated heterocycles. The second-order valence-corrected chi connectivity index (χ2v) is 3.51. The van der Waals surface area contributed by atoms with Gasteiger partial charge in [0.1, 0.15) is 5.82 Å². The zero-order chi connectivity index (χ0) is 12.1. The molecule has 6 nitrogen and oxygen atoms in total. The van der Waals surface area contributed by atoms with E-state index < -0.39 is 0 Å². The lowest BCUT2D eigenvalue weighted by atomic mass is 10.3. The van der Waals surface area contributed by atoms with Gasteiger partial charge in [0.2, 0.25) is 0 Å². The summed E-state index contributed by atoms with van der Waals surface area (Å²) < 4.78 is 1.59. The van der Waals surface area contributed by atoms with Crippen LogP contribution in [0, 0.1) is 0 Å². The Kier molecular flexibility index (Phi) is 3.34. The Morgan fingerprint density at radius 3 is 2.94 bits per heavy atom. The number of rotatable bonds is 3. The molecule has 0 radical (unpaired) electrons. The largest absolute Gasteiger partial charge is 0.334 e. The normalized spacial score (nSPS) is 9.94. The van der Waals surface area contributed by atoms with Crippen molar-refractivity contribution in [2.75, 3.05) is 5.32 Å². The molecule has 0 unspecified atom stereocenters. The molecule has 0 atom stereocenters. The van der Waals surface area contributed by atoms with E-state index in [2.05, 4.69) is 20.7 Å². The number of amides is 2. The van der Waals surface area contributed by atoms with Gasteiger partial charge in [-0.3, -0.25) is 15.0 Å². The predicted octanol–water partition coefficient (Wildman–Crippen LogP) is 1.14. The molecule has 88 valence electrons. The summed E-state index contributed by atoms with van der Waals surface area (Å²) >= 11 is 0. The minimum absolute atomic E-state index is 0.266. The van der Waals surface area contributed by atoms with Crippen LogP contribution < -0.4 is 10.6 Å². The molecule has 0 bridgehead atoms. The summed E-state index contributed by atoms with van der Waals surface area (Å²) in [5.74, 6) is 0.647. The van der Waals surface area contributed by atoms with Gasteiger partial charge >= 0.3 is 6.03 Å². The van der Waals surface area contributed by atoms with Crippen LogP contribution in [0.15, 0.2) is 36.8 Å². The second kappa shape index (κ2) is 5.11. The first-order chi connectivity index (χ1) is 8.25. The molecule has 2 N–H and O–H groups in total. The Labute approximate surface area is 98.7 Å². The Morgan fingerprint density at radius 1 is 1.41 bits per heavy atom. The first-order valence-corrected chi connectivity index (χ1v) is 5.17. The fraction of sp³-hybridized carbons (Fsp3) is 0.182. The zero-order valence-corrected chi connectivity index (χ0v) is 9.42. The van der Waals surface area contributed by atoms with E-state index in [-0.39, 0.29) is 6.03 Å². The number of nitrogens with zero attached hydrogens (tertiary/aromatic N) is 3. The van der Waals surface area contributed by atoms with Gasteiger partial charge in [0.25, 0.3) is 0 Å². The summed E-state index contributed by atoms with van der Waals surface area (Å²) in [5, 5.41) is 9.38. The van der Waals surface area contributed by atoms with Crippen LogP contribution in [0.5, 0.6) is 0 Å². The quantitative estimate of drug-likeness (QED) is 0.832. The number of pyridine rings is 1. The lowest BCUT2D eigenvalue weighted by Crippen LogP contribution is -2.29. The second-order valence-electron chi connectivity index (χ2n) is 3.51. The van der Waals surface area contributed by atoms with Crippen LogP contribution in [0.25, 0.3) is 0 Å². The number of carbonyl (C=O) groups is 1. The fourth-order valence-corrected chi connectivity index (χ4v) is 1.34. The first-order valence-electron chi connectivity index (χ1n) is 5.17. The van der Waals surface area contributed by atoms with E-state index in [0.29, 0.717) is 12.4 Å². The van der Waals surface area contributed by atoms with Crippen LogP contribution in [0.1, 0.15) is 5.56 Å². The zero-order valence-electron chi connectivity index (χ0n) is 9.42. The number of aryl methyl sites for hydroxylation is 1. The van der Waals surface area contributed by atoms with Gasteiger partial charge in [-0.05, 0) is 11.6 Å². The van der Waals surface area contributed by atoms with E-state index >= 15 is 0 Å². The summed E-state index contributed by atoms with van der Waals surface area (Å²) in [5.41, 5.74) is 0.952. The minimum Gasteiger partial charge on any atom is -0.334 e. The molecule has 0 saturated carbocycles. The van der Waals surface area contributed by atoms with Crippen LogP contribution in [-0.4, -0.2) is 20.8 Å². The molecule has 0 aliphatic heterocycles. The first kappa shape index (κ1) is 11.1. The Hall–Kier alpha value is -2.37. The van der Waals surface area contributed by atoms with Gasteiger partial charge in [-0.15, -0.1) is 0 Å². The number of hydrogen-bond donors (Lipinski definition) is 2. The third-order valence-electron chi connectivity index (χ3n) is 2.24. The van der Waals surface area contributed by atoms with Gasteiger partial charge < -0.3 is 5.32 Å². The standard InChI is InChI=1S/C11H13N5O/c1-16-10(4-6-14-16)15-11(17)13-8-9-3-2-5-12-7-9/h2-7H,8H2,1H3,(H2,13,15,17). The van der Waals surface area contributed by atoms with E-state index in [4.69, 9.17) is 0 Å². The number of aromatic nitrogens is 3. The molecule has 2 rings (SSSR count). The van der Waals surface area contributed by atoms with Crippen LogP contribution >= 0.6 is 0 Å². The average molecular weight is 231 g/mol. The molecule has 0 aliphatic carbocycles. The minimum atomic E-state index is -0.266. The van der Waals surface area contributed by atoms with Crippen LogP contribution in [0.3, 0.4) is 0 Å². The molecule has 17 heavy (non-hydrogen) atoms. The molecule has 2 amide bonds. The summed E-state index contributed by atoms with van der Waals surface area (Å²) in [7, 11) is 1.76. The van der Waals surface area contributed by atoms with Gasteiger partial charge in [0.15, 0.2) is 0 Å². The van der Waals surface area contributed by atoms with Gasteiger partial charge in [0, 0.05) is 32.1 Å². The number of urea groups is 1. The topological polar surface area (TPSA) is 71.8 Å². The molecule has 0 fully saturated rings. The van der Waals surface area contributed by atoms with Gasteiger partial charge in [-0.1, -0.05) is 6.07 Å². The molecule has 2 aromatic heterocycles. The SMILES string of the molecule is Cn1nccc1NC(=O)NCc1cccnc1. The van der Waals surface area contributed by atoms with Crippen molar-refractivity contribution in [2.45, 2.75) is 6.54 Å². The third kappa shape index (κ3) is 3.04. The van der Waals surface area contributed by atoms with Crippen molar-refractivity contribution in [1.82, 2.24) is 20.1 Å². The molecule has 6 heteroatoms. The van der Waals surface area contributed by atoms with Crippen molar-refractivity contribution in [3.63, 3.8) is 0 Å². The maximum Gasteiger partial charge on any atom is 0.320 e. The van der Waals surface area contributed by atoms with E-state index in [1.54, 1.807) is 36.4 Å². The molecular weight excluding hydrogens is 218 g/mol. The van der Waals surface area contributed by atoms with Crippen molar-refractivity contribution in [3.05, 3.63) is 42.4 Å². The van der Waals surface area contributed by atoms with Crippen LogP contribution in [-0.2, 0) is 13.6 Å². The van der Waals surface area contributed by atoms with Crippen LogP contribution in [0.2, 0.25) is 0 Å². The van der Waals surface area contributed by atoms with E-state index in [0.717, 1.165) is 5.56 Å². The predicted molar refractivity (Wildman–Crippen MR) is 63.3 cm³/mol. The van der Waals surface area contributed by atoms with Gasteiger partial charge in [-0.25, -0.2) is 4.79 Å². The van der Waals surface area contributed by atoms with E-state index in [1.165, 1.54) is 0 Å². The Balaban J connectivity index is 1.85. The highest BCUT2D eigenvalue weighted by atomic mass is 16.2. The molecule has 2 aromatic rings. The molecule has 2 heterocycles. The molecule has 0 aromatic carbocycles. The molecular formula is C11H13N5O. The number of carbonyl (C=O) groups excluding carboxylic acids is 1. The lowest BCUT2D eigenvalue weighted by molar-refractivity contribution is 0.251. The Bertz CT molecular complexity index is 494. The number of nitrogens with one attached hydrogen (secondary N) is 2.